The number of rotatable bonds is 3. The summed E-state index contributed by atoms with van der Waals surface area (Å²) in [5, 5.41) is 3.59. The molecule has 1 aliphatic heterocycles. The lowest BCUT2D eigenvalue weighted by molar-refractivity contribution is 0.162. The van der Waals surface area contributed by atoms with E-state index >= 15 is 0 Å². The van der Waals surface area contributed by atoms with Crippen molar-refractivity contribution in [2.45, 2.75) is 38.5 Å². The number of hydrogen-bond acceptors (Lipinski definition) is 1. The molecule has 3 rings (SSSR count). The minimum absolute atomic E-state index is 0.482. The average molecular weight is 308 g/mol. The zero-order valence-electron chi connectivity index (χ0n) is 11.1. The van der Waals surface area contributed by atoms with E-state index < -0.39 is 0 Å². The van der Waals surface area contributed by atoms with E-state index in [1.165, 1.54) is 42.3 Å². The second kappa shape index (κ2) is 4.97. The summed E-state index contributed by atoms with van der Waals surface area (Å²) in [6, 6.07) is 8.77. The molecule has 2 atom stereocenters. The van der Waals surface area contributed by atoms with Gasteiger partial charge in [-0.25, -0.2) is 0 Å². The fourth-order valence-electron chi connectivity index (χ4n) is 3.51. The van der Waals surface area contributed by atoms with Crippen molar-refractivity contribution in [1.29, 1.82) is 0 Å². The Labute approximate surface area is 118 Å². The quantitative estimate of drug-likeness (QED) is 0.876. The summed E-state index contributed by atoms with van der Waals surface area (Å²) in [6.45, 7) is 4.83. The monoisotopic (exact) mass is 307 g/mol. The van der Waals surface area contributed by atoms with Gasteiger partial charge >= 0.3 is 0 Å². The number of hydrogen-bond donors (Lipinski definition) is 1. The van der Waals surface area contributed by atoms with Crippen molar-refractivity contribution in [3.63, 3.8) is 0 Å². The summed E-state index contributed by atoms with van der Waals surface area (Å²) in [5.41, 5.74) is 1.98. The van der Waals surface area contributed by atoms with Gasteiger partial charge in [-0.05, 0) is 42.3 Å². The van der Waals surface area contributed by atoms with Crippen molar-refractivity contribution in [2.75, 3.05) is 13.1 Å². The lowest BCUT2D eigenvalue weighted by atomic mass is 9.66. The molecule has 0 bridgehead atoms. The van der Waals surface area contributed by atoms with Gasteiger partial charge in [-0.3, -0.25) is 0 Å². The first-order chi connectivity index (χ1) is 8.69. The van der Waals surface area contributed by atoms with Gasteiger partial charge in [0.05, 0.1) is 0 Å². The van der Waals surface area contributed by atoms with Crippen molar-refractivity contribution in [2.24, 2.45) is 11.3 Å². The van der Waals surface area contributed by atoms with Crippen LogP contribution in [-0.4, -0.2) is 13.1 Å². The molecule has 1 saturated heterocycles. The van der Waals surface area contributed by atoms with Crippen LogP contribution in [0.3, 0.4) is 0 Å². The predicted octanol–water partition coefficient (Wildman–Crippen LogP) is 4.33. The molecule has 1 saturated carbocycles. The van der Waals surface area contributed by atoms with Crippen LogP contribution in [-0.2, 0) is 0 Å². The summed E-state index contributed by atoms with van der Waals surface area (Å²) in [4.78, 5) is 0. The van der Waals surface area contributed by atoms with E-state index in [4.69, 9.17) is 0 Å². The molecule has 0 aromatic heterocycles. The second-order valence-corrected chi connectivity index (χ2v) is 7.18. The molecule has 1 N–H and O–H groups in total. The molecule has 1 nitrogen and oxygen atoms in total. The molecule has 2 fully saturated rings. The Bertz CT molecular complexity index is 427. The van der Waals surface area contributed by atoms with Crippen LogP contribution >= 0.6 is 15.9 Å². The molecular weight excluding hydrogens is 286 g/mol. The van der Waals surface area contributed by atoms with Crippen molar-refractivity contribution in [3.05, 3.63) is 34.3 Å². The van der Waals surface area contributed by atoms with Crippen molar-refractivity contribution in [1.82, 2.24) is 5.32 Å². The Morgan fingerprint density at radius 2 is 2.11 bits per heavy atom. The normalized spacial score (nSPS) is 32.4. The van der Waals surface area contributed by atoms with E-state index in [-0.39, 0.29) is 0 Å². The molecule has 98 valence electrons. The molecule has 0 radical (unpaired) electrons. The summed E-state index contributed by atoms with van der Waals surface area (Å²) < 4.78 is 1.28. The first-order valence-electron chi connectivity index (χ1n) is 7.14. The van der Waals surface area contributed by atoms with Crippen molar-refractivity contribution in [3.8, 4) is 0 Å². The molecule has 1 aromatic rings. The highest BCUT2D eigenvalue weighted by atomic mass is 79.9. The lowest BCUT2D eigenvalue weighted by Gasteiger charge is -2.43. The summed E-state index contributed by atoms with van der Waals surface area (Å²) in [7, 11) is 0. The zero-order chi connectivity index (χ0) is 12.6. The minimum atomic E-state index is 0.482. The topological polar surface area (TPSA) is 12.0 Å². The first-order valence-corrected chi connectivity index (χ1v) is 7.93. The maximum atomic E-state index is 3.74. The number of halogens is 1. The standard InChI is InChI=1S/C16H22BrN/c1-16(10-12-6-7-12)8-9-18-11-14(16)13-4-2-3-5-15(13)17/h2-5,12,14,18H,6-11H2,1H3. The zero-order valence-corrected chi connectivity index (χ0v) is 12.7. The highest BCUT2D eigenvalue weighted by molar-refractivity contribution is 9.10. The third kappa shape index (κ3) is 2.50. The number of benzene rings is 1. The van der Waals surface area contributed by atoms with Gasteiger partial charge in [-0.15, -0.1) is 0 Å². The Balaban J connectivity index is 1.89. The van der Waals surface area contributed by atoms with Gasteiger partial charge in [0.2, 0.25) is 0 Å². The molecule has 1 aliphatic carbocycles. The fourth-order valence-corrected chi connectivity index (χ4v) is 4.07. The molecule has 2 aliphatic rings. The molecule has 2 heteroatoms. The molecule has 0 amide bonds. The van der Waals surface area contributed by atoms with E-state index in [0.29, 0.717) is 11.3 Å². The maximum absolute atomic E-state index is 3.74. The van der Waals surface area contributed by atoms with Crippen LogP contribution in [0.1, 0.15) is 44.1 Å². The Morgan fingerprint density at radius 3 is 2.83 bits per heavy atom. The van der Waals surface area contributed by atoms with Gasteiger partial charge in [0.25, 0.3) is 0 Å². The fraction of sp³-hybridized carbons (Fsp3) is 0.625. The molecule has 1 heterocycles. The Morgan fingerprint density at radius 1 is 1.33 bits per heavy atom. The summed E-state index contributed by atoms with van der Waals surface area (Å²) in [6.07, 6.45) is 5.66. The molecule has 2 unspecified atom stereocenters. The second-order valence-electron chi connectivity index (χ2n) is 6.33. The molecule has 0 spiro atoms. The average Bonchev–Trinajstić information content (AvgIpc) is 3.14. The van der Waals surface area contributed by atoms with Crippen LogP contribution in [0, 0.1) is 11.3 Å². The van der Waals surface area contributed by atoms with E-state index in [1.807, 2.05) is 0 Å². The van der Waals surface area contributed by atoms with Crippen LogP contribution in [0.15, 0.2) is 28.7 Å². The van der Waals surface area contributed by atoms with E-state index in [1.54, 1.807) is 0 Å². The van der Waals surface area contributed by atoms with Crippen LogP contribution in [0.4, 0.5) is 0 Å². The molecule has 18 heavy (non-hydrogen) atoms. The van der Waals surface area contributed by atoms with Gasteiger partial charge in [0.1, 0.15) is 0 Å². The molecule has 1 aromatic carbocycles. The number of nitrogens with one attached hydrogen (secondary N) is 1. The third-order valence-corrected chi connectivity index (χ3v) is 5.52. The molecular formula is C16H22BrN. The third-order valence-electron chi connectivity index (χ3n) is 4.80. The summed E-state index contributed by atoms with van der Waals surface area (Å²) in [5.74, 6) is 1.67. The number of piperidine rings is 1. The van der Waals surface area contributed by atoms with Gasteiger partial charge < -0.3 is 5.32 Å². The minimum Gasteiger partial charge on any atom is -0.316 e. The van der Waals surface area contributed by atoms with Gasteiger partial charge in [-0.2, -0.15) is 0 Å². The predicted molar refractivity (Wildman–Crippen MR) is 79.8 cm³/mol. The van der Waals surface area contributed by atoms with Crippen LogP contribution in [0.5, 0.6) is 0 Å². The van der Waals surface area contributed by atoms with Crippen molar-refractivity contribution >= 4 is 15.9 Å². The van der Waals surface area contributed by atoms with E-state index in [9.17, 15) is 0 Å². The smallest absolute Gasteiger partial charge is 0.0210 e. The first kappa shape index (κ1) is 12.7. The Kier molecular flexibility index (Phi) is 3.50. The highest BCUT2D eigenvalue weighted by Gasteiger charge is 2.41. The van der Waals surface area contributed by atoms with Crippen LogP contribution < -0.4 is 5.32 Å². The van der Waals surface area contributed by atoms with E-state index in [0.717, 1.165) is 12.5 Å². The van der Waals surface area contributed by atoms with Crippen LogP contribution in [0.2, 0.25) is 0 Å². The lowest BCUT2D eigenvalue weighted by Crippen LogP contribution is -2.42. The van der Waals surface area contributed by atoms with Gasteiger partial charge in [0.15, 0.2) is 0 Å². The van der Waals surface area contributed by atoms with Gasteiger partial charge in [0, 0.05) is 16.9 Å². The maximum Gasteiger partial charge on any atom is 0.0210 e. The van der Waals surface area contributed by atoms with E-state index in [2.05, 4.69) is 52.4 Å². The van der Waals surface area contributed by atoms with Crippen LogP contribution in [0.25, 0.3) is 0 Å². The highest BCUT2D eigenvalue weighted by Crippen LogP contribution is 2.51. The summed E-state index contributed by atoms with van der Waals surface area (Å²) >= 11 is 3.74. The SMILES string of the molecule is CC1(CC2CC2)CCNCC1c1ccccc1Br. The Hall–Kier alpha value is -0.340. The largest absolute Gasteiger partial charge is 0.316 e. The van der Waals surface area contributed by atoms with Gasteiger partial charge in [-0.1, -0.05) is 53.9 Å². The van der Waals surface area contributed by atoms with Crippen molar-refractivity contribution < 1.29 is 0 Å².